The highest BCUT2D eigenvalue weighted by Gasteiger charge is 2.32. The third-order valence-electron chi connectivity index (χ3n) is 11.1. The summed E-state index contributed by atoms with van der Waals surface area (Å²) in [4.78, 5) is 7.85. The molecule has 0 unspecified atom stereocenters. The van der Waals surface area contributed by atoms with Gasteiger partial charge in [-0.3, -0.25) is 4.90 Å². The van der Waals surface area contributed by atoms with E-state index in [-0.39, 0.29) is 0 Å². The Morgan fingerprint density at radius 3 is 1.70 bits per heavy atom. The molecule has 8 aromatic carbocycles. The van der Waals surface area contributed by atoms with Crippen LogP contribution in [0.5, 0.6) is 0 Å². The van der Waals surface area contributed by atoms with Gasteiger partial charge in [-0.05, 0) is 75.5 Å². The maximum atomic E-state index is 5.48. The zero-order valence-electron chi connectivity index (χ0n) is 30.5. The van der Waals surface area contributed by atoms with Crippen LogP contribution < -0.4 is 4.90 Å². The predicted octanol–water partition coefficient (Wildman–Crippen LogP) is 14.3. The average molecular weight is 714 g/mol. The van der Waals surface area contributed by atoms with Gasteiger partial charge in [-0.2, -0.15) is 0 Å². The van der Waals surface area contributed by atoms with Crippen molar-refractivity contribution < 1.29 is 0 Å². The Balaban J connectivity index is 1.23. The molecule has 2 aromatic heterocycles. The molecule has 1 aliphatic heterocycles. The first-order valence-electron chi connectivity index (χ1n) is 19.1. The first-order valence-corrected chi connectivity index (χ1v) is 19.1. The third-order valence-corrected chi connectivity index (χ3v) is 11.1. The van der Waals surface area contributed by atoms with Crippen molar-refractivity contribution in [3.63, 3.8) is 0 Å². The molecule has 0 amide bonds. The fourth-order valence-electron chi connectivity index (χ4n) is 8.63. The molecule has 0 radical (unpaired) electrons. The van der Waals surface area contributed by atoms with Gasteiger partial charge < -0.3 is 4.57 Å². The van der Waals surface area contributed by atoms with Crippen molar-refractivity contribution in [2.24, 2.45) is 0 Å². The minimum absolute atomic E-state index is 0.864. The second kappa shape index (κ2) is 13.1. The number of fused-ring (bicyclic) bond motifs is 8. The Morgan fingerprint density at radius 2 is 0.946 bits per heavy atom. The number of anilines is 3. The molecule has 0 atom stereocenters. The van der Waals surface area contributed by atoms with E-state index in [1.54, 1.807) is 0 Å². The van der Waals surface area contributed by atoms with E-state index < -0.39 is 0 Å². The van der Waals surface area contributed by atoms with E-state index in [9.17, 15) is 0 Å². The molecule has 1 aliphatic rings. The van der Waals surface area contributed by atoms with Crippen molar-refractivity contribution in [3.8, 4) is 61.6 Å². The Labute approximate surface area is 326 Å². The molecule has 56 heavy (non-hydrogen) atoms. The maximum absolute atomic E-state index is 5.48. The van der Waals surface area contributed by atoms with Crippen LogP contribution in [0.15, 0.2) is 212 Å². The Bertz CT molecular complexity index is 3020. The van der Waals surface area contributed by atoms with Crippen molar-refractivity contribution in [2.45, 2.75) is 0 Å². The van der Waals surface area contributed by atoms with E-state index in [4.69, 9.17) is 4.98 Å². The minimum atomic E-state index is 0.864. The van der Waals surface area contributed by atoms with Crippen LogP contribution in [-0.4, -0.2) is 9.55 Å². The summed E-state index contributed by atoms with van der Waals surface area (Å²) in [5.74, 6) is 0.864. The first kappa shape index (κ1) is 32.0. The van der Waals surface area contributed by atoms with Crippen LogP contribution >= 0.6 is 0 Å². The van der Waals surface area contributed by atoms with Crippen LogP contribution in [0, 0.1) is 0 Å². The van der Waals surface area contributed by atoms with Gasteiger partial charge in [0.2, 0.25) is 0 Å². The van der Waals surface area contributed by atoms with E-state index >= 15 is 0 Å². The SMILES string of the molecule is c1ccc(-c2cc(-c3ccccc3)nc(N3c4ccccc4-c4c(n(-c5cc(-c6ccccc6)c6ccccc6c5)c5ccccc45)-c4ccccc43)c2)cc1. The smallest absolute Gasteiger partial charge is 0.138 e. The van der Waals surface area contributed by atoms with E-state index in [2.05, 4.69) is 222 Å². The summed E-state index contributed by atoms with van der Waals surface area (Å²) in [7, 11) is 0. The van der Waals surface area contributed by atoms with Gasteiger partial charge in [-0.25, -0.2) is 4.98 Å². The molecule has 0 saturated carbocycles. The molecule has 0 aliphatic carbocycles. The average Bonchev–Trinajstić information content (AvgIpc) is 3.56. The van der Waals surface area contributed by atoms with Crippen LogP contribution in [0.1, 0.15) is 0 Å². The van der Waals surface area contributed by atoms with Crippen LogP contribution in [0.25, 0.3) is 83.3 Å². The highest BCUT2D eigenvalue weighted by molar-refractivity contribution is 6.13. The van der Waals surface area contributed by atoms with E-state index in [0.717, 1.165) is 62.1 Å². The number of hydrogen-bond acceptors (Lipinski definition) is 2. The zero-order valence-corrected chi connectivity index (χ0v) is 30.5. The van der Waals surface area contributed by atoms with Crippen LogP contribution in [0.2, 0.25) is 0 Å². The summed E-state index contributed by atoms with van der Waals surface area (Å²) in [5.41, 5.74) is 15.8. The number of benzene rings is 8. The summed E-state index contributed by atoms with van der Waals surface area (Å²) in [6.45, 7) is 0. The molecular weight excluding hydrogens is 679 g/mol. The molecule has 3 heterocycles. The third kappa shape index (κ3) is 5.17. The number of pyridine rings is 1. The second-order valence-electron chi connectivity index (χ2n) is 14.4. The standard InChI is InChI=1S/C53H35N3/c1-4-18-36(19-5-1)40-33-47(38-22-8-3-9-23-38)54-51(34-40)56-49-30-16-13-27-44(49)52-43-26-12-15-29-48(43)55(53(52)45-28-14-17-31-50(45)56)41-32-39-24-10-11-25-42(39)46(35-41)37-20-6-2-7-21-37/h1-35H. The molecule has 0 fully saturated rings. The van der Waals surface area contributed by atoms with Gasteiger partial charge in [0, 0.05) is 33.3 Å². The van der Waals surface area contributed by atoms with Crippen molar-refractivity contribution >= 4 is 38.9 Å². The lowest BCUT2D eigenvalue weighted by molar-refractivity contribution is 1.14. The van der Waals surface area contributed by atoms with Gasteiger partial charge in [-0.1, -0.05) is 170 Å². The number of para-hydroxylation sites is 3. The molecule has 10 aromatic rings. The Kier molecular flexibility index (Phi) is 7.49. The van der Waals surface area contributed by atoms with Crippen LogP contribution in [0.4, 0.5) is 17.2 Å². The zero-order chi connectivity index (χ0) is 37.0. The summed E-state index contributed by atoms with van der Waals surface area (Å²) < 4.78 is 2.49. The molecule has 3 heteroatoms. The van der Waals surface area contributed by atoms with Crippen molar-refractivity contribution in [2.75, 3.05) is 4.90 Å². The molecular formula is C53H35N3. The van der Waals surface area contributed by atoms with Crippen molar-refractivity contribution in [1.29, 1.82) is 0 Å². The van der Waals surface area contributed by atoms with Crippen molar-refractivity contribution in [3.05, 3.63) is 212 Å². The second-order valence-corrected chi connectivity index (χ2v) is 14.4. The number of rotatable bonds is 5. The van der Waals surface area contributed by atoms with Gasteiger partial charge in [0.1, 0.15) is 5.82 Å². The summed E-state index contributed by atoms with van der Waals surface area (Å²) in [6, 6.07) is 76.3. The Hall–Kier alpha value is -7.49. The lowest BCUT2D eigenvalue weighted by atomic mass is 9.96. The van der Waals surface area contributed by atoms with E-state index in [1.165, 1.54) is 38.4 Å². The molecule has 0 bridgehead atoms. The molecule has 0 spiro atoms. The van der Waals surface area contributed by atoms with Crippen LogP contribution in [0.3, 0.4) is 0 Å². The largest absolute Gasteiger partial charge is 0.308 e. The predicted molar refractivity (Wildman–Crippen MR) is 234 cm³/mol. The monoisotopic (exact) mass is 713 g/mol. The lowest BCUT2D eigenvalue weighted by Crippen LogP contribution is -2.13. The number of aromatic nitrogens is 2. The lowest BCUT2D eigenvalue weighted by Gasteiger charge is -2.27. The Morgan fingerprint density at radius 1 is 0.375 bits per heavy atom. The topological polar surface area (TPSA) is 21.1 Å². The summed E-state index contributed by atoms with van der Waals surface area (Å²) in [6.07, 6.45) is 0. The summed E-state index contributed by atoms with van der Waals surface area (Å²) >= 11 is 0. The molecule has 0 saturated heterocycles. The first-order chi connectivity index (χ1) is 27.8. The number of hydrogen-bond donors (Lipinski definition) is 0. The van der Waals surface area contributed by atoms with Gasteiger partial charge in [0.25, 0.3) is 0 Å². The van der Waals surface area contributed by atoms with Gasteiger partial charge in [0.15, 0.2) is 0 Å². The fraction of sp³-hybridized carbons (Fsp3) is 0. The van der Waals surface area contributed by atoms with Gasteiger partial charge >= 0.3 is 0 Å². The van der Waals surface area contributed by atoms with Gasteiger partial charge in [0.05, 0.1) is 28.3 Å². The van der Waals surface area contributed by atoms with E-state index in [1.807, 2.05) is 0 Å². The molecule has 11 rings (SSSR count). The fourth-order valence-corrected chi connectivity index (χ4v) is 8.63. The van der Waals surface area contributed by atoms with Gasteiger partial charge in [-0.15, -0.1) is 0 Å². The van der Waals surface area contributed by atoms with E-state index in [0.29, 0.717) is 0 Å². The normalized spacial score (nSPS) is 11.9. The quantitative estimate of drug-likeness (QED) is 0.177. The highest BCUT2D eigenvalue weighted by Crippen LogP contribution is 2.54. The molecule has 0 N–H and O–H groups in total. The molecule has 262 valence electrons. The number of nitrogens with zero attached hydrogens (tertiary/aromatic N) is 3. The maximum Gasteiger partial charge on any atom is 0.138 e. The molecule has 3 nitrogen and oxygen atoms in total. The van der Waals surface area contributed by atoms with Crippen LogP contribution in [-0.2, 0) is 0 Å². The minimum Gasteiger partial charge on any atom is -0.308 e. The van der Waals surface area contributed by atoms with Crippen molar-refractivity contribution in [1.82, 2.24) is 9.55 Å². The summed E-state index contributed by atoms with van der Waals surface area (Å²) in [5, 5.41) is 3.65. The highest BCUT2D eigenvalue weighted by atomic mass is 15.2.